The Morgan fingerprint density at radius 1 is 1.10 bits per heavy atom. The average molecular weight is 422 g/mol. The van der Waals surface area contributed by atoms with E-state index in [9.17, 15) is 5.11 Å². The standard InChI is InChI=1S/C23H27N5OS/c1-15-8-6-11-25-22(15)28-16(2)14-18(17(28)3)21-20(19-9-4-5-10-24-19)26-23(30)27(21)12-7-13-29/h4-6,8-11,14,20-21,29H,7,12-13H2,1-3H3,(H,26,30)/t20-,21+/m1/s1. The number of aliphatic hydroxyl groups is 1. The Balaban J connectivity index is 1.83. The van der Waals surface area contributed by atoms with Crippen LogP contribution in [0.3, 0.4) is 0 Å². The Morgan fingerprint density at radius 3 is 2.60 bits per heavy atom. The molecule has 3 aromatic heterocycles. The molecule has 2 N–H and O–H groups in total. The third-order valence-electron chi connectivity index (χ3n) is 5.74. The number of hydrogen-bond donors (Lipinski definition) is 2. The first-order valence-electron chi connectivity index (χ1n) is 10.2. The summed E-state index contributed by atoms with van der Waals surface area (Å²) in [5.41, 5.74) is 5.54. The lowest BCUT2D eigenvalue weighted by Gasteiger charge is -2.28. The van der Waals surface area contributed by atoms with Gasteiger partial charge in [0.05, 0.1) is 17.8 Å². The number of hydrogen-bond acceptors (Lipinski definition) is 4. The number of aryl methyl sites for hydroxylation is 2. The van der Waals surface area contributed by atoms with Gasteiger partial charge in [-0.2, -0.15) is 0 Å². The molecule has 0 aliphatic carbocycles. The van der Waals surface area contributed by atoms with Crippen molar-refractivity contribution in [1.82, 2.24) is 24.8 Å². The van der Waals surface area contributed by atoms with E-state index in [-0.39, 0.29) is 18.7 Å². The van der Waals surface area contributed by atoms with Gasteiger partial charge in [-0.25, -0.2) is 4.98 Å². The van der Waals surface area contributed by atoms with Gasteiger partial charge >= 0.3 is 0 Å². The normalized spacial score (nSPS) is 18.7. The van der Waals surface area contributed by atoms with Gasteiger partial charge < -0.3 is 19.9 Å². The molecule has 0 amide bonds. The molecule has 0 unspecified atom stereocenters. The van der Waals surface area contributed by atoms with Gasteiger partial charge in [0.1, 0.15) is 5.82 Å². The van der Waals surface area contributed by atoms with Crippen LogP contribution in [0.15, 0.2) is 48.8 Å². The van der Waals surface area contributed by atoms with E-state index >= 15 is 0 Å². The maximum atomic E-state index is 9.42. The van der Waals surface area contributed by atoms with Crippen molar-refractivity contribution in [1.29, 1.82) is 0 Å². The molecule has 4 heterocycles. The van der Waals surface area contributed by atoms with E-state index in [4.69, 9.17) is 12.2 Å². The summed E-state index contributed by atoms with van der Waals surface area (Å²) in [6.07, 6.45) is 4.30. The second kappa shape index (κ2) is 8.53. The molecule has 0 bridgehead atoms. The minimum atomic E-state index is -0.0591. The Hall–Kier alpha value is -2.77. The number of aromatic nitrogens is 3. The van der Waals surface area contributed by atoms with Crippen molar-refractivity contribution >= 4 is 17.3 Å². The van der Waals surface area contributed by atoms with E-state index < -0.39 is 0 Å². The number of pyridine rings is 2. The van der Waals surface area contributed by atoms with Crippen LogP contribution >= 0.6 is 12.2 Å². The quantitative estimate of drug-likeness (QED) is 0.594. The fourth-order valence-electron chi connectivity index (χ4n) is 4.35. The predicted molar refractivity (Wildman–Crippen MR) is 122 cm³/mol. The number of aliphatic hydroxyl groups excluding tert-OH is 1. The maximum absolute atomic E-state index is 9.42. The van der Waals surface area contributed by atoms with Gasteiger partial charge in [-0.05, 0) is 74.8 Å². The monoisotopic (exact) mass is 421 g/mol. The smallest absolute Gasteiger partial charge is 0.170 e. The van der Waals surface area contributed by atoms with Crippen LogP contribution < -0.4 is 5.32 Å². The largest absolute Gasteiger partial charge is 0.396 e. The minimum Gasteiger partial charge on any atom is -0.396 e. The SMILES string of the molecule is Cc1cccnc1-n1c(C)cc([C@H]2[C@@H](c3ccccn3)NC(=S)N2CCCO)c1C. The van der Waals surface area contributed by atoms with Crippen LogP contribution in [0.4, 0.5) is 0 Å². The summed E-state index contributed by atoms with van der Waals surface area (Å²) in [5, 5.41) is 13.6. The molecular formula is C23H27N5OS. The van der Waals surface area contributed by atoms with Crippen LogP contribution in [-0.2, 0) is 0 Å². The van der Waals surface area contributed by atoms with Gasteiger partial charge in [0.2, 0.25) is 0 Å². The summed E-state index contributed by atoms with van der Waals surface area (Å²) in [6.45, 7) is 7.14. The topological polar surface area (TPSA) is 66.2 Å². The Kier molecular flexibility index (Phi) is 5.83. The molecule has 1 aliphatic heterocycles. The zero-order valence-corrected chi connectivity index (χ0v) is 18.4. The summed E-state index contributed by atoms with van der Waals surface area (Å²) in [4.78, 5) is 11.4. The van der Waals surface area contributed by atoms with E-state index in [1.54, 1.807) is 0 Å². The van der Waals surface area contributed by atoms with E-state index in [0.29, 0.717) is 18.1 Å². The van der Waals surface area contributed by atoms with Gasteiger partial charge in [-0.1, -0.05) is 12.1 Å². The molecule has 156 valence electrons. The molecule has 1 fully saturated rings. The molecule has 1 aliphatic rings. The summed E-state index contributed by atoms with van der Waals surface area (Å²) in [6, 6.07) is 12.2. The molecule has 30 heavy (non-hydrogen) atoms. The molecule has 4 rings (SSSR count). The lowest BCUT2D eigenvalue weighted by Crippen LogP contribution is -2.31. The van der Waals surface area contributed by atoms with Crippen molar-refractivity contribution in [2.75, 3.05) is 13.2 Å². The minimum absolute atomic E-state index is 0.0112. The molecule has 1 saturated heterocycles. The second-order valence-electron chi connectivity index (χ2n) is 7.70. The zero-order chi connectivity index (χ0) is 21.3. The molecule has 0 saturated carbocycles. The fraction of sp³-hybridized carbons (Fsp3) is 0.348. The van der Waals surface area contributed by atoms with Crippen LogP contribution in [0.25, 0.3) is 5.82 Å². The van der Waals surface area contributed by atoms with Crippen LogP contribution in [0, 0.1) is 20.8 Å². The molecule has 0 aromatic carbocycles. The molecule has 6 nitrogen and oxygen atoms in total. The van der Waals surface area contributed by atoms with Crippen molar-refractivity contribution in [3.63, 3.8) is 0 Å². The van der Waals surface area contributed by atoms with E-state index in [2.05, 4.69) is 57.7 Å². The summed E-state index contributed by atoms with van der Waals surface area (Å²) >= 11 is 5.69. The number of nitrogens with zero attached hydrogens (tertiary/aromatic N) is 4. The maximum Gasteiger partial charge on any atom is 0.170 e. The van der Waals surface area contributed by atoms with E-state index in [0.717, 1.165) is 28.5 Å². The zero-order valence-electron chi connectivity index (χ0n) is 17.5. The molecule has 3 aromatic rings. The van der Waals surface area contributed by atoms with Crippen LogP contribution in [0.2, 0.25) is 0 Å². The lowest BCUT2D eigenvalue weighted by atomic mass is 9.96. The molecule has 7 heteroatoms. The Labute approximate surface area is 182 Å². The first-order chi connectivity index (χ1) is 14.5. The molecular weight excluding hydrogens is 394 g/mol. The molecule has 0 spiro atoms. The van der Waals surface area contributed by atoms with Gasteiger partial charge in [0.15, 0.2) is 5.11 Å². The third kappa shape index (κ3) is 3.59. The number of nitrogens with one attached hydrogen (secondary N) is 1. The van der Waals surface area contributed by atoms with Gasteiger partial charge in [-0.15, -0.1) is 0 Å². The van der Waals surface area contributed by atoms with Crippen molar-refractivity contribution in [2.45, 2.75) is 39.3 Å². The van der Waals surface area contributed by atoms with E-state index in [1.165, 1.54) is 5.56 Å². The number of thiocarbonyl (C=S) groups is 1. The van der Waals surface area contributed by atoms with Crippen molar-refractivity contribution in [2.24, 2.45) is 0 Å². The van der Waals surface area contributed by atoms with Gasteiger partial charge in [0, 0.05) is 36.9 Å². The second-order valence-corrected chi connectivity index (χ2v) is 8.09. The number of rotatable bonds is 6. The summed E-state index contributed by atoms with van der Waals surface area (Å²) < 4.78 is 2.21. The summed E-state index contributed by atoms with van der Waals surface area (Å²) in [5.74, 6) is 0.948. The van der Waals surface area contributed by atoms with Crippen LogP contribution in [0.1, 0.15) is 46.7 Å². The van der Waals surface area contributed by atoms with Crippen molar-refractivity contribution in [3.05, 3.63) is 77.0 Å². The highest BCUT2D eigenvalue weighted by atomic mass is 32.1. The fourth-order valence-corrected chi connectivity index (χ4v) is 4.68. The van der Waals surface area contributed by atoms with Gasteiger partial charge in [0.25, 0.3) is 0 Å². The van der Waals surface area contributed by atoms with Crippen molar-refractivity contribution < 1.29 is 5.11 Å². The molecule has 0 radical (unpaired) electrons. The predicted octanol–water partition coefficient (Wildman–Crippen LogP) is 3.55. The van der Waals surface area contributed by atoms with Crippen LogP contribution in [0.5, 0.6) is 0 Å². The highest BCUT2D eigenvalue weighted by Gasteiger charge is 2.41. The first kappa shape index (κ1) is 20.5. The highest BCUT2D eigenvalue weighted by Crippen LogP contribution is 2.41. The third-order valence-corrected chi connectivity index (χ3v) is 6.09. The van der Waals surface area contributed by atoms with E-state index in [1.807, 2.05) is 36.7 Å². The van der Waals surface area contributed by atoms with Gasteiger partial charge in [-0.3, -0.25) is 4.98 Å². The highest BCUT2D eigenvalue weighted by molar-refractivity contribution is 7.80. The molecule has 2 atom stereocenters. The Bertz CT molecular complexity index is 1050. The van der Waals surface area contributed by atoms with Crippen LogP contribution in [-0.4, -0.2) is 42.8 Å². The average Bonchev–Trinajstić information content (AvgIpc) is 3.23. The van der Waals surface area contributed by atoms with Crippen molar-refractivity contribution in [3.8, 4) is 5.82 Å². The lowest BCUT2D eigenvalue weighted by molar-refractivity contribution is 0.247. The first-order valence-corrected chi connectivity index (χ1v) is 10.6. The summed E-state index contributed by atoms with van der Waals surface area (Å²) in [7, 11) is 0. The Morgan fingerprint density at radius 2 is 1.90 bits per heavy atom.